The number of nitrogens with zero attached hydrogens (tertiary/aromatic N) is 3. The zero-order chi connectivity index (χ0) is 13.4. The van der Waals surface area contributed by atoms with Crippen molar-refractivity contribution in [1.29, 1.82) is 0 Å². The molecular weight excluding hydrogens is 254 g/mol. The lowest BCUT2D eigenvalue weighted by Crippen LogP contribution is -2.54. The van der Waals surface area contributed by atoms with Crippen LogP contribution in [-0.4, -0.2) is 59.1 Å². The highest BCUT2D eigenvalue weighted by molar-refractivity contribution is 5.97. The first-order valence-electron chi connectivity index (χ1n) is 5.82. The van der Waals surface area contributed by atoms with Crippen LogP contribution in [0.5, 0.6) is 0 Å². The number of hydrogen-bond donors (Lipinski definition) is 0. The fraction of sp³-hybridized carbons (Fsp3) is 0.455. The summed E-state index contributed by atoms with van der Waals surface area (Å²) < 4.78 is 9.39. The number of rotatable bonds is 3. The highest BCUT2D eigenvalue weighted by atomic mass is 16.6. The first-order valence-corrected chi connectivity index (χ1v) is 5.82. The van der Waals surface area contributed by atoms with Gasteiger partial charge in [-0.3, -0.25) is 9.59 Å². The van der Waals surface area contributed by atoms with Crippen LogP contribution in [0, 0.1) is 5.92 Å². The summed E-state index contributed by atoms with van der Waals surface area (Å²) in [5, 5.41) is 3.47. The molecule has 3 amide bonds. The van der Waals surface area contributed by atoms with Gasteiger partial charge in [-0.25, -0.2) is 9.69 Å². The Kier molecular flexibility index (Phi) is 2.69. The highest BCUT2D eigenvalue weighted by Gasteiger charge is 2.38. The third-order valence-corrected chi connectivity index (χ3v) is 3.17. The molecule has 0 aliphatic carbocycles. The number of aromatic nitrogens is 1. The quantitative estimate of drug-likeness (QED) is 0.746. The summed E-state index contributed by atoms with van der Waals surface area (Å²) in [6.07, 6.45) is 0.800. The zero-order valence-corrected chi connectivity index (χ0v) is 9.94. The second kappa shape index (κ2) is 4.38. The Bertz CT molecular complexity index is 504. The summed E-state index contributed by atoms with van der Waals surface area (Å²) in [6.45, 7) is 1.07. The van der Waals surface area contributed by atoms with Crippen LogP contribution >= 0.6 is 0 Å². The lowest BCUT2D eigenvalue weighted by molar-refractivity contribution is -0.126. The van der Waals surface area contributed by atoms with E-state index in [1.807, 2.05) is 0 Å². The third-order valence-electron chi connectivity index (χ3n) is 3.17. The Balaban J connectivity index is 1.52. The lowest BCUT2D eigenvalue weighted by Gasteiger charge is -2.39. The summed E-state index contributed by atoms with van der Waals surface area (Å²) in [5.74, 6) is -0.286. The van der Waals surface area contributed by atoms with Crippen LogP contribution in [0.3, 0.4) is 0 Å². The molecule has 8 nitrogen and oxygen atoms in total. The molecule has 2 fully saturated rings. The number of imide groups is 1. The Labute approximate surface area is 107 Å². The monoisotopic (exact) mass is 265 g/mol. The third kappa shape index (κ3) is 2.05. The lowest BCUT2D eigenvalue weighted by atomic mass is 9.99. The predicted octanol–water partition coefficient (Wildman–Crippen LogP) is -0.275. The molecule has 2 aliphatic rings. The maximum Gasteiger partial charge on any atom is 0.417 e. The molecule has 19 heavy (non-hydrogen) atoms. The minimum Gasteiger partial charge on any atom is -0.439 e. The van der Waals surface area contributed by atoms with E-state index in [1.165, 1.54) is 12.3 Å². The maximum absolute atomic E-state index is 11.8. The van der Waals surface area contributed by atoms with E-state index in [9.17, 15) is 14.4 Å². The minimum atomic E-state index is -0.606. The van der Waals surface area contributed by atoms with Crippen LogP contribution in [0.25, 0.3) is 0 Å². The number of ether oxygens (including phenoxy) is 1. The van der Waals surface area contributed by atoms with Gasteiger partial charge < -0.3 is 14.2 Å². The van der Waals surface area contributed by atoms with Gasteiger partial charge in [0.1, 0.15) is 0 Å². The Hall–Kier alpha value is -2.38. The molecule has 0 N–H and O–H groups in total. The van der Waals surface area contributed by atoms with Gasteiger partial charge in [0.05, 0.1) is 6.20 Å². The van der Waals surface area contributed by atoms with E-state index in [1.54, 1.807) is 4.90 Å². The molecule has 1 aromatic rings. The zero-order valence-electron chi connectivity index (χ0n) is 9.94. The summed E-state index contributed by atoms with van der Waals surface area (Å²) >= 11 is 0. The van der Waals surface area contributed by atoms with E-state index >= 15 is 0 Å². The molecule has 100 valence electrons. The van der Waals surface area contributed by atoms with Crippen molar-refractivity contribution in [3.05, 3.63) is 18.0 Å². The van der Waals surface area contributed by atoms with E-state index in [0.717, 1.165) is 4.90 Å². The fourth-order valence-corrected chi connectivity index (χ4v) is 2.15. The predicted molar refractivity (Wildman–Crippen MR) is 59.0 cm³/mol. The van der Waals surface area contributed by atoms with Gasteiger partial charge in [-0.15, -0.1) is 0 Å². The Morgan fingerprint density at radius 1 is 1.42 bits per heavy atom. The Morgan fingerprint density at radius 3 is 2.79 bits per heavy atom. The minimum absolute atomic E-state index is 0.0847. The molecule has 0 unspecified atom stereocenters. The van der Waals surface area contributed by atoms with E-state index < -0.39 is 6.09 Å². The van der Waals surface area contributed by atoms with E-state index in [4.69, 9.17) is 4.52 Å². The summed E-state index contributed by atoms with van der Waals surface area (Å²) in [7, 11) is 0. The van der Waals surface area contributed by atoms with Crippen molar-refractivity contribution in [1.82, 2.24) is 15.0 Å². The molecule has 3 heterocycles. The molecule has 0 bridgehead atoms. The van der Waals surface area contributed by atoms with E-state index in [0.29, 0.717) is 13.1 Å². The van der Waals surface area contributed by atoms with Crippen LogP contribution < -0.4 is 0 Å². The van der Waals surface area contributed by atoms with Gasteiger partial charge in [-0.2, -0.15) is 0 Å². The van der Waals surface area contributed by atoms with Crippen LogP contribution in [0.15, 0.2) is 16.8 Å². The van der Waals surface area contributed by atoms with E-state index in [2.05, 4.69) is 9.89 Å². The number of hydrogen-bond acceptors (Lipinski definition) is 6. The fourth-order valence-electron chi connectivity index (χ4n) is 2.15. The van der Waals surface area contributed by atoms with Crippen LogP contribution in [0.2, 0.25) is 0 Å². The number of carbonyl (C=O) groups excluding carboxylic acids is 3. The van der Waals surface area contributed by atoms with Crippen LogP contribution in [0.4, 0.5) is 4.79 Å². The Morgan fingerprint density at radius 2 is 2.21 bits per heavy atom. The first-order chi connectivity index (χ1) is 9.15. The molecule has 8 heteroatoms. The molecule has 3 rings (SSSR count). The standard InChI is InChI=1S/C11H11N3O5/c15-9-6-18-11(17)14(9)5-7-3-13(4-7)10(16)8-1-2-12-19-8/h1-2,7H,3-6H2. The average Bonchev–Trinajstić information content (AvgIpc) is 2.96. The van der Waals surface area contributed by atoms with Gasteiger partial charge in [-0.05, 0) is 0 Å². The molecule has 0 aromatic carbocycles. The van der Waals surface area contributed by atoms with E-state index in [-0.39, 0.29) is 36.6 Å². The SMILES string of the molecule is O=C(c1ccno1)N1CC(CN2C(=O)COC2=O)C1. The molecule has 2 aliphatic heterocycles. The molecule has 0 spiro atoms. The van der Waals surface area contributed by atoms with Gasteiger partial charge >= 0.3 is 6.09 Å². The number of cyclic esters (lactones) is 1. The van der Waals surface area contributed by atoms with Gasteiger partial charge in [0.15, 0.2) is 6.61 Å². The van der Waals surface area contributed by atoms with Crippen LogP contribution in [-0.2, 0) is 9.53 Å². The van der Waals surface area contributed by atoms with Crippen molar-refractivity contribution in [3.8, 4) is 0 Å². The van der Waals surface area contributed by atoms with Crippen molar-refractivity contribution in [2.24, 2.45) is 5.92 Å². The van der Waals surface area contributed by atoms with Gasteiger partial charge in [0, 0.05) is 31.6 Å². The molecular formula is C11H11N3O5. The molecule has 1 aromatic heterocycles. The number of likely N-dealkylation sites (tertiary alicyclic amines) is 1. The molecule has 0 radical (unpaired) electrons. The normalized spacial score (nSPS) is 19.6. The van der Waals surface area contributed by atoms with Crippen LogP contribution in [0.1, 0.15) is 10.6 Å². The maximum atomic E-state index is 11.8. The second-order valence-corrected chi connectivity index (χ2v) is 4.51. The van der Waals surface area contributed by atoms with Crippen molar-refractivity contribution >= 4 is 17.9 Å². The van der Waals surface area contributed by atoms with Gasteiger partial charge in [-0.1, -0.05) is 5.16 Å². The number of amides is 3. The van der Waals surface area contributed by atoms with Gasteiger partial charge in [0.25, 0.3) is 11.8 Å². The summed E-state index contributed by atoms with van der Waals surface area (Å²) in [6, 6.07) is 1.50. The number of carbonyl (C=O) groups is 3. The first kappa shape index (κ1) is 11.7. The second-order valence-electron chi connectivity index (χ2n) is 4.51. The summed E-state index contributed by atoms with van der Waals surface area (Å²) in [4.78, 5) is 37.1. The highest BCUT2D eigenvalue weighted by Crippen LogP contribution is 2.21. The average molecular weight is 265 g/mol. The van der Waals surface area contributed by atoms with Crippen molar-refractivity contribution in [2.75, 3.05) is 26.2 Å². The van der Waals surface area contributed by atoms with Crippen molar-refractivity contribution < 1.29 is 23.6 Å². The summed E-state index contributed by atoms with van der Waals surface area (Å²) in [5.41, 5.74) is 0. The topological polar surface area (TPSA) is 93.0 Å². The molecule has 2 saturated heterocycles. The molecule has 0 saturated carbocycles. The molecule has 0 atom stereocenters. The van der Waals surface area contributed by atoms with Gasteiger partial charge in [0.2, 0.25) is 5.76 Å². The van der Waals surface area contributed by atoms with Crippen molar-refractivity contribution in [2.45, 2.75) is 0 Å². The van der Waals surface area contributed by atoms with Crippen molar-refractivity contribution in [3.63, 3.8) is 0 Å². The smallest absolute Gasteiger partial charge is 0.417 e. The largest absolute Gasteiger partial charge is 0.439 e.